The Balaban J connectivity index is 1.85. The zero-order valence-corrected chi connectivity index (χ0v) is 15.2. The third-order valence-electron chi connectivity index (χ3n) is 4.05. The van der Waals surface area contributed by atoms with E-state index in [9.17, 15) is 23.2 Å². The van der Waals surface area contributed by atoms with Gasteiger partial charge in [-0.1, -0.05) is 24.3 Å². The predicted molar refractivity (Wildman–Crippen MR) is 103 cm³/mol. The van der Waals surface area contributed by atoms with Crippen molar-refractivity contribution < 1.29 is 22.4 Å². The van der Waals surface area contributed by atoms with Gasteiger partial charge in [-0.15, -0.1) is 0 Å². The molecule has 2 aromatic carbocycles. The fourth-order valence-corrected chi connectivity index (χ4v) is 2.60. The first-order valence-electron chi connectivity index (χ1n) is 8.51. The molecule has 8 heteroatoms. The van der Waals surface area contributed by atoms with Crippen molar-refractivity contribution in [2.75, 3.05) is 5.32 Å². The first-order valence-corrected chi connectivity index (χ1v) is 8.51. The molecule has 0 fully saturated rings. The minimum Gasteiger partial charge on any atom is -0.457 e. The maximum absolute atomic E-state index is 12.9. The molecule has 5 nitrogen and oxygen atoms in total. The quantitative estimate of drug-likeness (QED) is 0.464. The SMILES string of the molecule is N#C/C(=C\c1ccc(-c2cccc(C(F)(F)F)c2)o1)C(=O)Nc1ccccc1C#N. The van der Waals surface area contributed by atoms with Crippen LogP contribution in [0, 0.1) is 22.7 Å². The Morgan fingerprint density at radius 2 is 1.80 bits per heavy atom. The number of amides is 1. The van der Waals surface area contributed by atoms with Crippen LogP contribution in [0.5, 0.6) is 0 Å². The van der Waals surface area contributed by atoms with Gasteiger partial charge >= 0.3 is 6.18 Å². The van der Waals surface area contributed by atoms with Gasteiger partial charge in [0.25, 0.3) is 5.91 Å². The van der Waals surface area contributed by atoms with Gasteiger partial charge < -0.3 is 9.73 Å². The number of nitrogens with zero attached hydrogens (tertiary/aromatic N) is 2. The standard InChI is InChI=1S/C22H12F3N3O2/c23-22(24,25)17-6-3-5-14(10-17)20-9-8-18(30-20)11-16(13-27)21(29)28-19-7-2-1-4-15(19)12-26/h1-11H,(H,28,29)/b16-11+. The molecule has 30 heavy (non-hydrogen) atoms. The number of nitriles is 2. The number of halogens is 3. The van der Waals surface area contributed by atoms with E-state index in [0.717, 1.165) is 12.1 Å². The van der Waals surface area contributed by atoms with E-state index in [1.807, 2.05) is 6.07 Å². The Hall–Kier alpha value is -4.30. The summed E-state index contributed by atoms with van der Waals surface area (Å²) in [6, 6.07) is 17.5. The van der Waals surface area contributed by atoms with Crippen LogP contribution in [0.3, 0.4) is 0 Å². The number of hydrogen-bond donors (Lipinski definition) is 1. The molecule has 1 heterocycles. The maximum atomic E-state index is 12.9. The lowest BCUT2D eigenvalue weighted by Gasteiger charge is -2.07. The predicted octanol–water partition coefficient (Wildman–Crippen LogP) is 5.38. The van der Waals surface area contributed by atoms with Crippen LogP contribution in [-0.4, -0.2) is 5.91 Å². The molecule has 0 spiro atoms. The Labute approximate surface area is 169 Å². The van der Waals surface area contributed by atoms with Crippen molar-refractivity contribution in [2.24, 2.45) is 0 Å². The minimum atomic E-state index is -4.49. The maximum Gasteiger partial charge on any atom is 0.416 e. The van der Waals surface area contributed by atoms with Gasteiger partial charge in [-0.05, 0) is 36.4 Å². The van der Waals surface area contributed by atoms with Crippen molar-refractivity contribution in [3.63, 3.8) is 0 Å². The van der Waals surface area contributed by atoms with Crippen LogP contribution >= 0.6 is 0 Å². The second-order valence-corrected chi connectivity index (χ2v) is 6.06. The van der Waals surface area contributed by atoms with E-state index in [2.05, 4.69) is 5.32 Å². The number of carbonyl (C=O) groups excluding carboxylic acids is 1. The van der Waals surface area contributed by atoms with E-state index in [1.165, 1.54) is 42.5 Å². The first-order chi connectivity index (χ1) is 14.3. The van der Waals surface area contributed by atoms with Gasteiger partial charge in [0, 0.05) is 11.6 Å². The van der Waals surface area contributed by atoms with Crippen LogP contribution in [0.15, 0.2) is 70.7 Å². The highest BCUT2D eigenvalue weighted by Crippen LogP contribution is 2.32. The van der Waals surface area contributed by atoms with Crippen molar-refractivity contribution in [2.45, 2.75) is 6.18 Å². The van der Waals surface area contributed by atoms with Gasteiger partial charge in [-0.2, -0.15) is 23.7 Å². The molecule has 1 amide bonds. The number of hydrogen-bond acceptors (Lipinski definition) is 4. The van der Waals surface area contributed by atoms with Gasteiger partial charge in [-0.3, -0.25) is 4.79 Å². The molecule has 0 radical (unpaired) electrons. The molecule has 0 aliphatic rings. The summed E-state index contributed by atoms with van der Waals surface area (Å²) >= 11 is 0. The van der Waals surface area contributed by atoms with Crippen molar-refractivity contribution in [1.29, 1.82) is 10.5 Å². The number of para-hydroxylation sites is 1. The number of furan rings is 1. The number of nitrogens with one attached hydrogen (secondary N) is 1. The van der Waals surface area contributed by atoms with E-state index in [-0.39, 0.29) is 33.9 Å². The first kappa shape index (κ1) is 20.4. The number of carbonyl (C=O) groups is 1. The molecule has 148 valence electrons. The summed E-state index contributed by atoms with van der Waals surface area (Å²) in [4.78, 5) is 12.4. The Bertz CT molecular complexity index is 1210. The molecule has 0 saturated heterocycles. The van der Waals surface area contributed by atoms with Crippen LogP contribution in [-0.2, 0) is 11.0 Å². The largest absolute Gasteiger partial charge is 0.457 e. The molecule has 0 bridgehead atoms. The minimum absolute atomic E-state index is 0.114. The summed E-state index contributed by atoms with van der Waals surface area (Å²) in [7, 11) is 0. The Morgan fingerprint density at radius 1 is 1.03 bits per heavy atom. The van der Waals surface area contributed by atoms with Gasteiger partial charge in [0.15, 0.2) is 0 Å². The molecule has 0 atom stereocenters. The van der Waals surface area contributed by atoms with Crippen molar-refractivity contribution in [1.82, 2.24) is 0 Å². The van der Waals surface area contributed by atoms with E-state index in [4.69, 9.17) is 9.68 Å². The zero-order chi connectivity index (χ0) is 21.7. The molecule has 0 unspecified atom stereocenters. The van der Waals surface area contributed by atoms with Gasteiger partial charge in [0.05, 0.1) is 16.8 Å². The summed E-state index contributed by atoms with van der Waals surface area (Å²) in [5, 5.41) is 20.9. The highest BCUT2D eigenvalue weighted by molar-refractivity contribution is 6.10. The second-order valence-electron chi connectivity index (χ2n) is 6.06. The highest BCUT2D eigenvalue weighted by atomic mass is 19.4. The van der Waals surface area contributed by atoms with Crippen LogP contribution in [0.25, 0.3) is 17.4 Å². The number of anilines is 1. The van der Waals surface area contributed by atoms with Crippen molar-refractivity contribution >= 4 is 17.7 Å². The number of benzene rings is 2. The molecule has 1 N–H and O–H groups in total. The highest BCUT2D eigenvalue weighted by Gasteiger charge is 2.30. The van der Waals surface area contributed by atoms with Gasteiger partial charge in [0.1, 0.15) is 29.2 Å². The monoisotopic (exact) mass is 407 g/mol. The zero-order valence-electron chi connectivity index (χ0n) is 15.2. The topological polar surface area (TPSA) is 89.8 Å². The Kier molecular flexibility index (Phi) is 5.70. The molecular formula is C22H12F3N3O2. The van der Waals surface area contributed by atoms with Gasteiger partial charge in [-0.25, -0.2) is 0 Å². The van der Waals surface area contributed by atoms with Crippen LogP contribution in [0.1, 0.15) is 16.9 Å². The summed E-state index contributed by atoms with van der Waals surface area (Å²) in [6.07, 6.45) is -3.32. The normalized spacial score (nSPS) is 11.4. The van der Waals surface area contributed by atoms with E-state index in [1.54, 1.807) is 18.2 Å². The van der Waals surface area contributed by atoms with Crippen molar-refractivity contribution in [3.8, 4) is 23.5 Å². The average Bonchev–Trinajstić information content (AvgIpc) is 3.20. The third kappa shape index (κ3) is 4.57. The van der Waals surface area contributed by atoms with Crippen LogP contribution in [0.2, 0.25) is 0 Å². The summed E-state index contributed by atoms with van der Waals surface area (Å²) in [6.45, 7) is 0. The fourth-order valence-electron chi connectivity index (χ4n) is 2.60. The molecule has 0 saturated carbocycles. The lowest BCUT2D eigenvalue weighted by atomic mass is 10.1. The number of alkyl halides is 3. The van der Waals surface area contributed by atoms with E-state index >= 15 is 0 Å². The van der Waals surface area contributed by atoms with Crippen LogP contribution in [0.4, 0.5) is 18.9 Å². The second kappa shape index (κ2) is 8.38. The van der Waals surface area contributed by atoms with E-state index < -0.39 is 17.6 Å². The van der Waals surface area contributed by atoms with Crippen LogP contribution < -0.4 is 5.32 Å². The van der Waals surface area contributed by atoms with E-state index in [0.29, 0.717) is 0 Å². The van der Waals surface area contributed by atoms with Gasteiger partial charge in [0.2, 0.25) is 0 Å². The average molecular weight is 407 g/mol. The van der Waals surface area contributed by atoms with Crippen molar-refractivity contribution in [3.05, 3.63) is 83.1 Å². The molecule has 3 aromatic rings. The lowest BCUT2D eigenvalue weighted by Crippen LogP contribution is -2.14. The smallest absolute Gasteiger partial charge is 0.416 e. The summed E-state index contributed by atoms with van der Waals surface area (Å²) in [5.41, 5.74) is -0.437. The fraction of sp³-hybridized carbons (Fsp3) is 0.0455. The molecule has 0 aliphatic carbocycles. The third-order valence-corrected chi connectivity index (χ3v) is 4.05. The molecular weight excluding hydrogens is 395 g/mol. The molecule has 1 aromatic heterocycles. The summed E-state index contributed by atoms with van der Waals surface area (Å²) in [5.74, 6) is -0.486. The number of rotatable bonds is 4. The molecule has 0 aliphatic heterocycles. The molecule has 3 rings (SSSR count). The summed E-state index contributed by atoms with van der Waals surface area (Å²) < 4.78 is 44.2. The lowest BCUT2D eigenvalue weighted by molar-refractivity contribution is -0.137. The Morgan fingerprint density at radius 3 is 2.50 bits per heavy atom.